The highest BCUT2D eigenvalue weighted by molar-refractivity contribution is 5.75. The molecule has 1 atom stereocenters. The number of nitriles is 1. The first-order valence-electron chi connectivity index (χ1n) is 14.6. The SMILES string of the molecule is C[C@H]1Oc2c(cc(C3CCN(C4CN(C(=O)OC(C)(C)C)C4)CC3)nc2C#N)Nc2nccc(N3CCOCC3)c21. The van der Waals surface area contributed by atoms with Crippen LogP contribution in [-0.2, 0) is 9.47 Å². The Morgan fingerprint density at radius 2 is 1.90 bits per heavy atom. The van der Waals surface area contributed by atoms with Crippen LogP contribution >= 0.6 is 0 Å². The number of likely N-dealkylation sites (tertiary alicyclic amines) is 2. The molecule has 218 valence electrons. The predicted molar refractivity (Wildman–Crippen MR) is 154 cm³/mol. The number of amides is 1. The summed E-state index contributed by atoms with van der Waals surface area (Å²) < 4.78 is 17.5. The molecule has 41 heavy (non-hydrogen) atoms. The summed E-state index contributed by atoms with van der Waals surface area (Å²) in [7, 11) is 0. The number of pyridine rings is 2. The summed E-state index contributed by atoms with van der Waals surface area (Å²) >= 11 is 0. The number of morpholine rings is 1. The molecule has 2 aromatic heterocycles. The molecule has 0 spiro atoms. The Kier molecular flexibility index (Phi) is 7.38. The van der Waals surface area contributed by atoms with Gasteiger partial charge in [-0.15, -0.1) is 0 Å². The number of anilines is 3. The molecule has 11 heteroatoms. The van der Waals surface area contributed by atoms with Crippen molar-refractivity contribution in [3.05, 3.63) is 35.3 Å². The number of hydrogen-bond donors (Lipinski definition) is 1. The summed E-state index contributed by atoms with van der Waals surface area (Å²) in [5, 5.41) is 13.6. The number of aromatic nitrogens is 2. The molecule has 0 unspecified atom stereocenters. The Morgan fingerprint density at radius 3 is 2.59 bits per heavy atom. The maximum Gasteiger partial charge on any atom is 0.410 e. The van der Waals surface area contributed by atoms with E-state index in [9.17, 15) is 10.1 Å². The molecule has 6 rings (SSSR count). The van der Waals surface area contributed by atoms with Crippen LogP contribution in [0.25, 0.3) is 0 Å². The van der Waals surface area contributed by atoms with Gasteiger partial charge in [-0.25, -0.2) is 14.8 Å². The van der Waals surface area contributed by atoms with Crippen LogP contribution in [0.15, 0.2) is 18.3 Å². The van der Waals surface area contributed by atoms with Gasteiger partial charge >= 0.3 is 6.09 Å². The predicted octanol–water partition coefficient (Wildman–Crippen LogP) is 4.18. The molecule has 0 aromatic carbocycles. The smallest absolute Gasteiger partial charge is 0.410 e. The topological polar surface area (TPSA) is 116 Å². The first-order chi connectivity index (χ1) is 19.7. The van der Waals surface area contributed by atoms with Crippen LogP contribution < -0.4 is 15.0 Å². The molecule has 4 aliphatic heterocycles. The van der Waals surface area contributed by atoms with Crippen molar-refractivity contribution >= 4 is 23.3 Å². The van der Waals surface area contributed by atoms with Gasteiger partial charge in [0.25, 0.3) is 0 Å². The molecule has 0 bridgehead atoms. The molecule has 4 aliphatic rings. The van der Waals surface area contributed by atoms with E-state index in [0.29, 0.717) is 43.8 Å². The Bertz CT molecular complexity index is 1330. The molecule has 6 heterocycles. The number of rotatable bonds is 3. The van der Waals surface area contributed by atoms with Gasteiger partial charge in [0.15, 0.2) is 11.4 Å². The quantitative estimate of drug-likeness (QED) is 0.585. The second-order valence-electron chi connectivity index (χ2n) is 12.3. The lowest BCUT2D eigenvalue weighted by Crippen LogP contribution is -2.62. The van der Waals surface area contributed by atoms with E-state index in [4.69, 9.17) is 19.2 Å². The second-order valence-corrected chi connectivity index (χ2v) is 12.3. The van der Waals surface area contributed by atoms with Gasteiger partial charge in [-0.3, -0.25) is 4.90 Å². The lowest BCUT2D eigenvalue weighted by molar-refractivity contribution is -0.0197. The average molecular weight is 562 g/mol. The highest BCUT2D eigenvalue weighted by atomic mass is 16.6. The molecular weight excluding hydrogens is 522 g/mol. The molecule has 3 saturated heterocycles. The Balaban J connectivity index is 1.16. The number of carbonyl (C=O) groups excluding carboxylic acids is 1. The van der Waals surface area contributed by atoms with E-state index < -0.39 is 5.60 Å². The summed E-state index contributed by atoms with van der Waals surface area (Å²) in [5.41, 5.74) is 3.51. The van der Waals surface area contributed by atoms with Crippen LogP contribution in [0.1, 0.15) is 69.5 Å². The normalized spacial score (nSPS) is 21.9. The van der Waals surface area contributed by atoms with E-state index >= 15 is 0 Å². The minimum atomic E-state index is -0.481. The second kappa shape index (κ2) is 11.0. The van der Waals surface area contributed by atoms with Gasteiger partial charge in [0, 0.05) is 55.7 Å². The van der Waals surface area contributed by atoms with Crippen LogP contribution in [0.2, 0.25) is 0 Å². The standard InChI is InChI=1S/C30H39N7O4/c1-19-26-25(36-11-13-39-14-12-36)5-8-32-28(26)34-23-15-22(33-24(16-31)27(23)40-19)20-6-9-35(10-7-20)21-17-37(18-21)29(38)41-30(2,3)4/h5,8,15,19-21H,6-7,9-14,17-18H2,1-4H3,(H,32,34)/t19-/m1/s1. The summed E-state index contributed by atoms with van der Waals surface area (Å²) in [6.45, 7) is 13.9. The summed E-state index contributed by atoms with van der Waals surface area (Å²) in [6, 6.07) is 6.70. The van der Waals surface area contributed by atoms with Crippen LogP contribution in [0.4, 0.5) is 22.0 Å². The van der Waals surface area contributed by atoms with Crippen molar-refractivity contribution in [2.75, 3.05) is 62.7 Å². The molecule has 1 N–H and O–H groups in total. The average Bonchev–Trinajstić information content (AvgIpc) is 3.07. The van der Waals surface area contributed by atoms with Gasteiger partial charge in [-0.05, 0) is 65.8 Å². The maximum atomic E-state index is 12.3. The monoisotopic (exact) mass is 561 g/mol. The van der Waals surface area contributed by atoms with Crippen molar-refractivity contribution in [3.63, 3.8) is 0 Å². The fourth-order valence-corrected chi connectivity index (χ4v) is 6.18. The first-order valence-corrected chi connectivity index (χ1v) is 14.6. The summed E-state index contributed by atoms with van der Waals surface area (Å²) in [5.74, 6) is 1.46. The number of hydrogen-bond acceptors (Lipinski definition) is 10. The van der Waals surface area contributed by atoms with E-state index in [-0.39, 0.29) is 18.1 Å². The molecule has 2 aromatic rings. The van der Waals surface area contributed by atoms with Crippen molar-refractivity contribution in [1.82, 2.24) is 19.8 Å². The molecule has 1 amide bonds. The van der Waals surface area contributed by atoms with Crippen molar-refractivity contribution in [1.29, 1.82) is 5.26 Å². The Morgan fingerprint density at radius 1 is 1.17 bits per heavy atom. The highest BCUT2D eigenvalue weighted by Crippen LogP contribution is 2.44. The first kappa shape index (κ1) is 27.5. The number of fused-ring (bicyclic) bond motifs is 2. The van der Waals surface area contributed by atoms with Gasteiger partial charge in [0.2, 0.25) is 0 Å². The Labute approximate surface area is 241 Å². The fourth-order valence-electron chi connectivity index (χ4n) is 6.18. The third-order valence-electron chi connectivity index (χ3n) is 8.35. The molecule has 3 fully saturated rings. The van der Waals surface area contributed by atoms with Crippen LogP contribution in [0, 0.1) is 11.3 Å². The lowest BCUT2D eigenvalue weighted by atomic mass is 9.90. The molecular formula is C30H39N7O4. The largest absolute Gasteiger partial charge is 0.481 e. The Hall–Kier alpha value is -3.62. The zero-order chi connectivity index (χ0) is 28.7. The van der Waals surface area contributed by atoms with Gasteiger partial charge < -0.3 is 29.3 Å². The van der Waals surface area contributed by atoms with Gasteiger partial charge in [-0.2, -0.15) is 5.26 Å². The number of nitrogens with zero attached hydrogens (tertiary/aromatic N) is 6. The van der Waals surface area contributed by atoms with Crippen LogP contribution in [-0.4, -0.2) is 90.0 Å². The zero-order valence-electron chi connectivity index (χ0n) is 24.4. The molecule has 0 radical (unpaired) electrons. The molecule has 0 saturated carbocycles. The third-order valence-corrected chi connectivity index (χ3v) is 8.35. The van der Waals surface area contributed by atoms with E-state index in [2.05, 4.69) is 26.2 Å². The van der Waals surface area contributed by atoms with Crippen molar-refractivity contribution in [3.8, 4) is 11.8 Å². The van der Waals surface area contributed by atoms with E-state index in [1.807, 2.05) is 46.0 Å². The van der Waals surface area contributed by atoms with E-state index in [1.54, 1.807) is 4.90 Å². The van der Waals surface area contributed by atoms with Crippen LogP contribution in [0.3, 0.4) is 0 Å². The molecule has 0 aliphatic carbocycles. The number of ether oxygens (including phenoxy) is 3. The van der Waals surface area contributed by atoms with Crippen molar-refractivity contribution < 1.29 is 19.0 Å². The summed E-state index contributed by atoms with van der Waals surface area (Å²) in [6.07, 6.45) is 3.15. The fraction of sp³-hybridized carbons (Fsp3) is 0.600. The van der Waals surface area contributed by atoms with Crippen molar-refractivity contribution in [2.45, 2.75) is 64.2 Å². The minimum Gasteiger partial charge on any atom is -0.481 e. The number of nitrogens with one attached hydrogen (secondary N) is 1. The minimum absolute atomic E-state index is 0.236. The van der Waals surface area contributed by atoms with E-state index in [0.717, 1.165) is 67.5 Å². The van der Waals surface area contributed by atoms with Gasteiger partial charge in [0.05, 0.1) is 24.5 Å². The number of carbonyl (C=O) groups is 1. The van der Waals surface area contributed by atoms with Crippen LogP contribution in [0.5, 0.6) is 5.75 Å². The lowest BCUT2D eigenvalue weighted by Gasteiger charge is -2.47. The highest BCUT2D eigenvalue weighted by Gasteiger charge is 2.39. The van der Waals surface area contributed by atoms with Gasteiger partial charge in [0.1, 0.15) is 23.6 Å². The zero-order valence-corrected chi connectivity index (χ0v) is 24.4. The van der Waals surface area contributed by atoms with Crippen molar-refractivity contribution in [2.24, 2.45) is 0 Å². The number of piperidine rings is 1. The molecule has 11 nitrogen and oxygen atoms in total. The van der Waals surface area contributed by atoms with Gasteiger partial charge in [-0.1, -0.05) is 0 Å². The third kappa shape index (κ3) is 5.63. The van der Waals surface area contributed by atoms with E-state index in [1.165, 1.54) is 0 Å². The summed E-state index contributed by atoms with van der Waals surface area (Å²) in [4.78, 5) is 28.3. The maximum absolute atomic E-state index is 12.3.